The Morgan fingerprint density at radius 3 is 2.57 bits per heavy atom. The molecule has 0 radical (unpaired) electrons. The lowest BCUT2D eigenvalue weighted by atomic mass is 10.1. The molecule has 3 heterocycles. The van der Waals surface area contributed by atoms with E-state index in [9.17, 15) is 0 Å². The van der Waals surface area contributed by atoms with Gasteiger partial charge in [-0.15, -0.1) is 10.2 Å². The number of hydrogen-bond donors (Lipinski definition) is 1. The van der Waals surface area contributed by atoms with Crippen molar-refractivity contribution in [2.24, 2.45) is 0 Å². The van der Waals surface area contributed by atoms with Crippen LogP contribution in [0.1, 0.15) is 5.56 Å². The first-order chi connectivity index (χ1) is 14.8. The highest BCUT2D eigenvalue weighted by molar-refractivity contribution is 7.99. The minimum Gasteiger partial charge on any atom is -0.361 e. The highest BCUT2D eigenvalue weighted by Gasteiger charge is 2.16. The van der Waals surface area contributed by atoms with Crippen molar-refractivity contribution in [1.82, 2.24) is 24.7 Å². The summed E-state index contributed by atoms with van der Waals surface area (Å²) in [5.41, 5.74) is 4.42. The van der Waals surface area contributed by atoms with E-state index >= 15 is 0 Å². The summed E-state index contributed by atoms with van der Waals surface area (Å²) < 4.78 is 2.07. The van der Waals surface area contributed by atoms with E-state index in [0.29, 0.717) is 5.02 Å². The molecule has 5 aromatic rings. The average molecular weight is 432 g/mol. The van der Waals surface area contributed by atoms with Crippen LogP contribution in [0.2, 0.25) is 5.02 Å². The Morgan fingerprint density at radius 2 is 1.73 bits per heavy atom. The molecule has 5 rings (SSSR count). The molecule has 0 saturated heterocycles. The van der Waals surface area contributed by atoms with Crippen LogP contribution in [0.3, 0.4) is 0 Å². The topological polar surface area (TPSA) is 59.4 Å². The predicted molar refractivity (Wildman–Crippen MR) is 122 cm³/mol. The standard InChI is InChI=1S/C23H18ClN5S/c24-18-5-7-19(8-6-18)29-22(16-9-12-25-13-10-16)27-28-23(29)30-14-11-17-15-26-21-4-2-1-3-20(17)21/h1-10,12-13,15,26H,11,14H2. The molecular formula is C23H18ClN5S. The summed E-state index contributed by atoms with van der Waals surface area (Å²) in [6, 6.07) is 20.0. The van der Waals surface area contributed by atoms with Crippen LogP contribution in [0.4, 0.5) is 0 Å². The number of aromatic amines is 1. The van der Waals surface area contributed by atoms with Gasteiger partial charge in [-0.1, -0.05) is 41.6 Å². The monoisotopic (exact) mass is 431 g/mol. The summed E-state index contributed by atoms with van der Waals surface area (Å²) in [7, 11) is 0. The summed E-state index contributed by atoms with van der Waals surface area (Å²) in [4.78, 5) is 7.46. The number of aromatic nitrogens is 5. The van der Waals surface area contributed by atoms with Crippen LogP contribution in [0.25, 0.3) is 28.0 Å². The second kappa shape index (κ2) is 8.34. The van der Waals surface area contributed by atoms with E-state index in [4.69, 9.17) is 11.6 Å². The molecule has 0 saturated carbocycles. The van der Waals surface area contributed by atoms with Crippen molar-refractivity contribution in [2.45, 2.75) is 11.6 Å². The Kier molecular flexibility index (Phi) is 5.26. The zero-order valence-corrected chi connectivity index (χ0v) is 17.6. The molecule has 0 spiro atoms. The number of hydrogen-bond acceptors (Lipinski definition) is 4. The predicted octanol–water partition coefficient (Wildman–Crippen LogP) is 5.80. The molecule has 0 unspecified atom stereocenters. The Labute approximate surface area is 183 Å². The number of rotatable bonds is 6. The first-order valence-corrected chi connectivity index (χ1v) is 11.0. The largest absolute Gasteiger partial charge is 0.361 e. The molecule has 0 aliphatic carbocycles. The SMILES string of the molecule is Clc1ccc(-n2c(SCCc3c[nH]c4ccccc34)nnc2-c2ccncc2)cc1. The van der Waals surface area contributed by atoms with Crippen LogP contribution >= 0.6 is 23.4 Å². The lowest BCUT2D eigenvalue weighted by Gasteiger charge is -2.10. The van der Waals surface area contributed by atoms with Crippen molar-refractivity contribution in [1.29, 1.82) is 0 Å². The number of nitrogens with zero attached hydrogens (tertiary/aromatic N) is 4. The second-order valence-electron chi connectivity index (χ2n) is 6.81. The molecular weight excluding hydrogens is 414 g/mol. The van der Waals surface area contributed by atoms with Gasteiger partial charge in [0.05, 0.1) is 0 Å². The van der Waals surface area contributed by atoms with E-state index in [0.717, 1.165) is 34.4 Å². The molecule has 0 amide bonds. The number of thioether (sulfide) groups is 1. The van der Waals surface area contributed by atoms with Crippen LogP contribution in [0, 0.1) is 0 Å². The smallest absolute Gasteiger partial charge is 0.196 e. The van der Waals surface area contributed by atoms with Crippen molar-refractivity contribution < 1.29 is 0 Å². The minimum absolute atomic E-state index is 0.700. The zero-order chi connectivity index (χ0) is 20.3. The van der Waals surface area contributed by atoms with Crippen molar-refractivity contribution in [3.63, 3.8) is 0 Å². The Balaban J connectivity index is 1.44. The number of halogens is 1. The van der Waals surface area contributed by atoms with Gasteiger partial charge >= 0.3 is 0 Å². The van der Waals surface area contributed by atoms with Gasteiger partial charge < -0.3 is 4.98 Å². The number of benzene rings is 2. The highest BCUT2D eigenvalue weighted by atomic mass is 35.5. The first kappa shape index (κ1) is 18.9. The van der Waals surface area contributed by atoms with Gasteiger partial charge in [0.25, 0.3) is 0 Å². The number of H-pyrrole nitrogens is 1. The summed E-state index contributed by atoms with van der Waals surface area (Å²) in [6.07, 6.45) is 6.56. The third kappa shape index (κ3) is 3.72. The fourth-order valence-corrected chi connectivity index (χ4v) is 4.52. The zero-order valence-electron chi connectivity index (χ0n) is 16.0. The van der Waals surface area contributed by atoms with Gasteiger partial charge in [-0.25, -0.2) is 0 Å². The van der Waals surface area contributed by atoms with Crippen molar-refractivity contribution in [3.8, 4) is 17.1 Å². The number of nitrogens with one attached hydrogen (secondary N) is 1. The van der Waals surface area contributed by atoms with E-state index < -0.39 is 0 Å². The molecule has 0 fully saturated rings. The fourth-order valence-electron chi connectivity index (χ4n) is 3.47. The molecule has 148 valence electrons. The van der Waals surface area contributed by atoms with E-state index in [1.54, 1.807) is 24.2 Å². The molecule has 0 atom stereocenters. The molecule has 0 aliphatic heterocycles. The van der Waals surface area contributed by atoms with Crippen LogP contribution in [0.5, 0.6) is 0 Å². The molecule has 0 aliphatic rings. The Hall–Kier alpha value is -3.09. The Bertz CT molecular complexity index is 1280. The lowest BCUT2D eigenvalue weighted by Crippen LogP contribution is -2.00. The molecule has 7 heteroatoms. The number of pyridine rings is 1. The molecule has 30 heavy (non-hydrogen) atoms. The van der Waals surface area contributed by atoms with E-state index in [-0.39, 0.29) is 0 Å². The third-order valence-electron chi connectivity index (χ3n) is 4.93. The van der Waals surface area contributed by atoms with Gasteiger partial charge in [-0.05, 0) is 54.4 Å². The summed E-state index contributed by atoms with van der Waals surface area (Å²) in [5, 5.41) is 11.8. The quantitative estimate of drug-likeness (QED) is 0.345. The Morgan fingerprint density at radius 1 is 0.933 bits per heavy atom. The van der Waals surface area contributed by atoms with Gasteiger partial charge in [0.1, 0.15) is 0 Å². The maximum atomic E-state index is 6.10. The average Bonchev–Trinajstić information content (AvgIpc) is 3.40. The number of aryl methyl sites for hydroxylation is 1. The van der Waals surface area contributed by atoms with E-state index in [2.05, 4.69) is 49.1 Å². The maximum absolute atomic E-state index is 6.10. The van der Waals surface area contributed by atoms with Gasteiger partial charge in [0.15, 0.2) is 11.0 Å². The molecule has 5 nitrogen and oxygen atoms in total. The number of fused-ring (bicyclic) bond motifs is 1. The minimum atomic E-state index is 0.700. The van der Waals surface area contributed by atoms with Crippen LogP contribution in [-0.4, -0.2) is 30.5 Å². The van der Waals surface area contributed by atoms with Crippen LogP contribution in [0.15, 0.2) is 84.4 Å². The maximum Gasteiger partial charge on any atom is 0.196 e. The van der Waals surface area contributed by atoms with Crippen LogP contribution < -0.4 is 0 Å². The first-order valence-electron chi connectivity index (χ1n) is 9.59. The molecule has 3 aromatic heterocycles. The second-order valence-corrected chi connectivity index (χ2v) is 8.31. The molecule has 0 bridgehead atoms. The van der Waals surface area contributed by atoms with Gasteiger partial charge in [-0.3, -0.25) is 9.55 Å². The molecule has 1 N–H and O–H groups in total. The summed E-state index contributed by atoms with van der Waals surface area (Å²) in [6.45, 7) is 0. The summed E-state index contributed by atoms with van der Waals surface area (Å²) >= 11 is 7.80. The van der Waals surface area contributed by atoms with Gasteiger partial charge in [-0.2, -0.15) is 0 Å². The van der Waals surface area contributed by atoms with Crippen LogP contribution in [-0.2, 0) is 6.42 Å². The third-order valence-corrected chi connectivity index (χ3v) is 6.12. The lowest BCUT2D eigenvalue weighted by molar-refractivity contribution is 0.885. The molecule has 2 aromatic carbocycles. The van der Waals surface area contributed by atoms with E-state index in [1.807, 2.05) is 42.5 Å². The van der Waals surface area contributed by atoms with Crippen molar-refractivity contribution in [3.05, 3.63) is 89.8 Å². The highest BCUT2D eigenvalue weighted by Crippen LogP contribution is 2.29. The number of para-hydroxylation sites is 1. The van der Waals surface area contributed by atoms with E-state index in [1.165, 1.54) is 16.5 Å². The van der Waals surface area contributed by atoms with Gasteiger partial charge in [0, 0.05) is 51.5 Å². The van der Waals surface area contributed by atoms with Crippen molar-refractivity contribution >= 4 is 34.3 Å². The normalized spacial score (nSPS) is 11.2. The van der Waals surface area contributed by atoms with Gasteiger partial charge in [0.2, 0.25) is 0 Å². The fraction of sp³-hybridized carbons (Fsp3) is 0.0870. The summed E-state index contributed by atoms with van der Waals surface area (Å²) in [5.74, 6) is 1.68. The van der Waals surface area contributed by atoms with Crippen molar-refractivity contribution in [2.75, 3.05) is 5.75 Å².